The maximum Gasteiger partial charge on any atom is 0.267 e. The lowest BCUT2D eigenvalue weighted by molar-refractivity contribution is 0.0655. The number of benzene rings is 2. The quantitative estimate of drug-likeness (QED) is 0.354. The van der Waals surface area contributed by atoms with Gasteiger partial charge in [-0.1, -0.05) is 69.9 Å². The minimum Gasteiger partial charge on any atom is -0.306 e. The molecule has 32 heavy (non-hydrogen) atoms. The molecular weight excluding hydrogens is 396 g/mol. The van der Waals surface area contributed by atoms with Crippen molar-refractivity contribution in [2.75, 3.05) is 13.1 Å². The molecule has 3 rings (SSSR count). The van der Waals surface area contributed by atoms with Crippen LogP contribution in [0, 0.1) is 5.92 Å². The zero-order valence-corrected chi connectivity index (χ0v) is 19.4. The minimum atomic E-state index is 0.0136. The van der Waals surface area contributed by atoms with Crippen LogP contribution in [0.4, 0.5) is 0 Å². The lowest BCUT2D eigenvalue weighted by atomic mass is 9.96. The summed E-state index contributed by atoms with van der Waals surface area (Å²) in [7, 11) is 0. The molecule has 170 valence electrons. The molecule has 2 aromatic carbocycles. The second kappa shape index (κ2) is 12.8. The molecule has 1 N–H and O–H groups in total. The number of unbranched alkanes of at least 4 members (excludes halogenated alkanes) is 1. The lowest BCUT2D eigenvalue weighted by Crippen LogP contribution is -2.44. The first kappa shape index (κ1) is 23.7. The second-order valence-corrected chi connectivity index (χ2v) is 8.32. The number of nitrogens with zero attached hydrogens (tertiary/aromatic N) is 3. The molecule has 0 radical (unpaired) electrons. The van der Waals surface area contributed by atoms with Gasteiger partial charge in [0.05, 0.1) is 6.33 Å². The third-order valence-corrected chi connectivity index (χ3v) is 6.03. The summed E-state index contributed by atoms with van der Waals surface area (Å²) in [4.78, 5) is 17.4. The summed E-state index contributed by atoms with van der Waals surface area (Å²) in [5.41, 5.74) is 6.35. The number of rotatable bonds is 13. The van der Waals surface area contributed by atoms with Gasteiger partial charge in [0.2, 0.25) is 0 Å². The molecule has 1 aromatic heterocycles. The molecule has 0 bridgehead atoms. The molecule has 0 fully saturated rings. The van der Waals surface area contributed by atoms with Crippen LogP contribution in [0.3, 0.4) is 0 Å². The SMILES string of the molecule is CCCCC(CC)CCNN(CCc1ccccc1)C(=O)c1ccc(-n2ccnc2)cc1. The van der Waals surface area contributed by atoms with E-state index in [2.05, 4.69) is 36.4 Å². The summed E-state index contributed by atoms with van der Waals surface area (Å²) >= 11 is 0. The van der Waals surface area contributed by atoms with Crippen molar-refractivity contribution >= 4 is 5.91 Å². The van der Waals surface area contributed by atoms with Crippen molar-refractivity contribution in [2.45, 2.75) is 52.4 Å². The number of carbonyl (C=O) groups excluding carboxylic acids is 1. The highest BCUT2D eigenvalue weighted by Gasteiger charge is 2.16. The molecule has 0 spiro atoms. The summed E-state index contributed by atoms with van der Waals surface area (Å²) in [5.74, 6) is 0.725. The highest BCUT2D eigenvalue weighted by molar-refractivity contribution is 5.94. The van der Waals surface area contributed by atoms with Gasteiger partial charge in [0.15, 0.2) is 0 Å². The van der Waals surface area contributed by atoms with Gasteiger partial charge in [-0.3, -0.25) is 9.80 Å². The molecule has 1 atom stereocenters. The van der Waals surface area contributed by atoms with Gasteiger partial charge in [0, 0.05) is 36.7 Å². The fourth-order valence-electron chi connectivity index (χ4n) is 3.93. The lowest BCUT2D eigenvalue weighted by Gasteiger charge is -2.25. The van der Waals surface area contributed by atoms with Crippen molar-refractivity contribution in [1.29, 1.82) is 0 Å². The maximum atomic E-state index is 13.3. The Morgan fingerprint density at radius 3 is 2.50 bits per heavy atom. The van der Waals surface area contributed by atoms with Crippen LogP contribution >= 0.6 is 0 Å². The van der Waals surface area contributed by atoms with E-state index >= 15 is 0 Å². The van der Waals surface area contributed by atoms with Gasteiger partial charge in [-0.25, -0.2) is 10.4 Å². The van der Waals surface area contributed by atoms with Crippen LogP contribution < -0.4 is 5.43 Å². The largest absolute Gasteiger partial charge is 0.306 e. The second-order valence-electron chi connectivity index (χ2n) is 8.32. The van der Waals surface area contributed by atoms with E-state index < -0.39 is 0 Å². The molecule has 1 unspecified atom stereocenters. The molecule has 0 saturated carbocycles. The Labute approximate surface area is 192 Å². The monoisotopic (exact) mass is 432 g/mol. The summed E-state index contributed by atoms with van der Waals surface area (Å²) in [6.45, 7) is 5.96. The Bertz CT molecular complexity index is 907. The molecule has 5 heteroatoms. The highest BCUT2D eigenvalue weighted by atomic mass is 16.2. The number of imidazole rings is 1. The molecule has 0 aliphatic carbocycles. The normalized spacial score (nSPS) is 11.9. The fourth-order valence-corrected chi connectivity index (χ4v) is 3.93. The Morgan fingerprint density at radius 2 is 1.84 bits per heavy atom. The van der Waals surface area contributed by atoms with E-state index in [0.717, 1.165) is 25.1 Å². The van der Waals surface area contributed by atoms with E-state index in [4.69, 9.17) is 0 Å². The molecule has 3 aromatic rings. The van der Waals surface area contributed by atoms with E-state index in [-0.39, 0.29) is 5.91 Å². The predicted octanol–water partition coefficient (Wildman–Crippen LogP) is 5.67. The van der Waals surface area contributed by atoms with Crippen molar-refractivity contribution in [2.24, 2.45) is 5.92 Å². The third kappa shape index (κ3) is 7.06. The van der Waals surface area contributed by atoms with Gasteiger partial charge in [0.1, 0.15) is 0 Å². The number of hydrogen-bond donors (Lipinski definition) is 1. The van der Waals surface area contributed by atoms with Crippen LogP contribution in [-0.4, -0.2) is 33.6 Å². The molecule has 0 aliphatic heterocycles. The van der Waals surface area contributed by atoms with E-state index in [1.165, 1.54) is 31.2 Å². The Kier molecular flexibility index (Phi) is 9.51. The third-order valence-electron chi connectivity index (χ3n) is 6.03. The molecular formula is C27H36N4O. The maximum absolute atomic E-state index is 13.3. The fraction of sp³-hybridized carbons (Fsp3) is 0.407. The zero-order valence-electron chi connectivity index (χ0n) is 19.4. The van der Waals surface area contributed by atoms with Crippen LogP contribution in [0.1, 0.15) is 61.9 Å². The summed E-state index contributed by atoms with van der Waals surface area (Å²) < 4.78 is 1.93. The van der Waals surface area contributed by atoms with Crippen LogP contribution in [0.2, 0.25) is 0 Å². The van der Waals surface area contributed by atoms with Crippen LogP contribution in [-0.2, 0) is 6.42 Å². The number of amides is 1. The number of hydrogen-bond acceptors (Lipinski definition) is 3. The zero-order chi connectivity index (χ0) is 22.6. The van der Waals surface area contributed by atoms with Gasteiger partial charge < -0.3 is 4.57 Å². The summed E-state index contributed by atoms with van der Waals surface area (Å²) in [5, 5.41) is 1.80. The molecule has 0 aliphatic rings. The van der Waals surface area contributed by atoms with Crippen LogP contribution in [0.5, 0.6) is 0 Å². The number of carbonyl (C=O) groups is 1. The van der Waals surface area contributed by atoms with Gasteiger partial charge in [-0.15, -0.1) is 0 Å². The first-order chi connectivity index (χ1) is 15.7. The Balaban J connectivity index is 1.65. The van der Waals surface area contributed by atoms with Gasteiger partial charge in [-0.2, -0.15) is 0 Å². The van der Waals surface area contributed by atoms with Crippen molar-refractivity contribution in [1.82, 2.24) is 20.0 Å². The Morgan fingerprint density at radius 1 is 1.06 bits per heavy atom. The smallest absolute Gasteiger partial charge is 0.267 e. The average molecular weight is 433 g/mol. The summed E-state index contributed by atoms with van der Waals surface area (Å²) in [6, 6.07) is 18.0. The Hall–Kier alpha value is -2.92. The van der Waals surface area contributed by atoms with Crippen LogP contribution in [0.15, 0.2) is 73.3 Å². The van der Waals surface area contributed by atoms with Crippen molar-refractivity contribution in [3.63, 3.8) is 0 Å². The van der Waals surface area contributed by atoms with Gasteiger partial charge in [0.25, 0.3) is 5.91 Å². The molecule has 5 nitrogen and oxygen atoms in total. The van der Waals surface area contributed by atoms with Crippen molar-refractivity contribution < 1.29 is 4.79 Å². The molecule has 1 amide bonds. The van der Waals surface area contributed by atoms with Gasteiger partial charge in [-0.05, 0) is 48.6 Å². The topological polar surface area (TPSA) is 50.2 Å². The summed E-state index contributed by atoms with van der Waals surface area (Å²) in [6.07, 6.45) is 12.3. The highest BCUT2D eigenvalue weighted by Crippen LogP contribution is 2.16. The standard InChI is InChI=1S/C27H36N4O/c1-3-5-9-23(4-2)16-18-29-31(20-17-24-10-7-6-8-11-24)27(32)25-12-14-26(15-13-25)30-21-19-28-22-30/h6-8,10-15,19,21-23,29H,3-5,9,16-18,20H2,1-2H3. The first-order valence-electron chi connectivity index (χ1n) is 11.9. The van der Waals surface area contributed by atoms with Crippen molar-refractivity contribution in [3.8, 4) is 5.69 Å². The van der Waals surface area contributed by atoms with E-state index in [9.17, 15) is 4.79 Å². The van der Waals surface area contributed by atoms with E-state index in [1.807, 2.05) is 53.2 Å². The average Bonchev–Trinajstić information content (AvgIpc) is 3.38. The predicted molar refractivity (Wildman–Crippen MR) is 131 cm³/mol. The molecule has 0 saturated heterocycles. The number of hydrazine groups is 1. The minimum absolute atomic E-state index is 0.0136. The first-order valence-corrected chi connectivity index (χ1v) is 11.9. The van der Waals surface area contributed by atoms with Crippen molar-refractivity contribution in [3.05, 3.63) is 84.4 Å². The number of nitrogens with one attached hydrogen (secondary N) is 1. The molecule has 1 heterocycles. The number of aromatic nitrogens is 2. The van der Waals surface area contributed by atoms with E-state index in [0.29, 0.717) is 18.0 Å². The van der Waals surface area contributed by atoms with E-state index in [1.54, 1.807) is 17.5 Å². The van der Waals surface area contributed by atoms with Gasteiger partial charge >= 0.3 is 0 Å². The van der Waals surface area contributed by atoms with Crippen LogP contribution in [0.25, 0.3) is 5.69 Å².